The van der Waals surface area contributed by atoms with Crippen molar-refractivity contribution in [1.29, 1.82) is 0 Å². The van der Waals surface area contributed by atoms with Crippen molar-refractivity contribution >= 4 is 61.5 Å². The minimum absolute atomic E-state index is 0.0833. The fourth-order valence-electron chi connectivity index (χ4n) is 3.51. The summed E-state index contributed by atoms with van der Waals surface area (Å²) in [6.07, 6.45) is 1.33. The Bertz CT molecular complexity index is 1380. The summed E-state index contributed by atoms with van der Waals surface area (Å²) in [6, 6.07) is 15.0. The first-order valence-corrected chi connectivity index (χ1v) is 12.4. The number of ether oxygens (including phenoxy) is 2. The summed E-state index contributed by atoms with van der Waals surface area (Å²) >= 11 is 6.81. The smallest absolute Gasteiger partial charge is 0.335 e. The van der Waals surface area contributed by atoms with Crippen molar-refractivity contribution in [3.8, 4) is 11.5 Å². The highest BCUT2D eigenvalue weighted by molar-refractivity contribution is 9.11. The molecule has 1 aliphatic heterocycles. The maximum absolute atomic E-state index is 14.1. The van der Waals surface area contributed by atoms with E-state index in [4.69, 9.17) is 9.47 Å². The second kappa shape index (κ2) is 11.0. The van der Waals surface area contributed by atoms with Crippen molar-refractivity contribution in [2.45, 2.75) is 13.5 Å². The van der Waals surface area contributed by atoms with Crippen LogP contribution in [-0.4, -0.2) is 24.5 Å². The third kappa shape index (κ3) is 5.50. The average Bonchev–Trinajstić information content (AvgIpc) is 2.83. The molecule has 4 amide bonds. The summed E-state index contributed by atoms with van der Waals surface area (Å²) in [5, 5.41) is 2.20. The number of carbonyl (C=O) groups excluding carboxylic acids is 3. The molecule has 0 bridgehead atoms. The van der Waals surface area contributed by atoms with Crippen molar-refractivity contribution in [1.82, 2.24) is 5.32 Å². The minimum Gasteiger partial charge on any atom is -0.494 e. The van der Waals surface area contributed by atoms with E-state index in [9.17, 15) is 18.8 Å². The number of hydrogen-bond donors (Lipinski definition) is 1. The van der Waals surface area contributed by atoms with Crippen LogP contribution in [0.15, 0.2) is 75.2 Å². The fraction of sp³-hybridized carbons (Fsp3) is 0.115. The highest BCUT2D eigenvalue weighted by atomic mass is 79.9. The summed E-state index contributed by atoms with van der Waals surface area (Å²) in [5.74, 6) is -1.20. The Hall–Kier alpha value is -3.50. The number of amides is 4. The number of anilines is 1. The molecule has 0 aromatic heterocycles. The maximum atomic E-state index is 14.1. The second-order valence-corrected chi connectivity index (χ2v) is 9.34. The van der Waals surface area contributed by atoms with Gasteiger partial charge in [0.1, 0.15) is 29.5 Å². The molecule has 3 aromatic rings. The van der Waals surface area contributed by atoms with Gasteiger partial charge in [-0.15, -0.1) is 0 Å². The Labute approximate surface area is 223 Å². The average molecular weight is 618 g/mol. The quantitative estimate of drug-likeness (QED) is 0.260. The van der Waals surface area contributed by atoms with Crippen LogP contribution in [-0.2, 0) is 16.2 Å². The number of hydrogen-bond acceptors (Lipinski definition) is 5. The van der Waals surface area contributed by atoms with Gasteiger partial charge in [0.15, 0.2) is 0 Å². The van der Waals surface area contributed by atoms with E-state index < -0.39 is 23.7 Å². The number of nitrogens with one attached hydrogen (secondary N) is 1. The van der Waals surface area contributed by atoms with Crippen LogP contribution < -0.4 is 19.7 Å². The number of rotatable bonds is 7. The molecular formula is C26H19Br2FN2O5. The van der Waals surface area contributed by atoms with Crippen LogP contribution in [0.25, 0.3) is 6.08 Å². The van der Waals surface area contributed by atoms with Crippen LogP contribution in [0, 0.1) is 5.82 Å². The number of urea groups is 1. The van der Waals surface area contributed by atoms with Crippen molar-refractivity contribution in [3.05, 3.63) is 92.1 Å². The normalized spacial score (nSPS) is 14.7. The van der Waals surface area contributed by atoms with E-state index in [1.165, 1.54) is 12.1 Å². The highest BCUT2D eigenvalue weighted by Gasteiger charge is 2.37. The number of nitrogens with zero attached hydrogens (tertiary/aromatic N) is 1. The van der Waals surface area contributed by atoms with E-state index in [1.807, 2.05) is 6.92 Å². The van der Waals surface area contributed by atoms with Gasteiger partial charge in [0.25, 0.3) is 11.8 Å². The van der Waals surface area contributed by atoms with Gasteiger partial charge < -0.3 is 9.47 Å². The van der Waals surface area contributed by atoms with Crippen LogP contribution in [0.1, 0.15) is 18.1 Å². The third-order valence-electron chi connectivity index (χ3n) is 5.17. The predicted molar refractivity (Wildman–Crippen MR) is 139 cm³/mol. The summed E-state index contributed by atoms with van der Waals surface area (Å²) in [6.45, 7) is 2.22. The van der Waals surface area contributed by atoms with Gasteiger partial charge in [-0.25, -0.2) is 14.1 Å². The Kier molecular flexibility index (Phi) is 7.85. The van der Waals surface area contributed by atoms with Gasteiger partial charge >= 0.3 is 6.03 Å². The van der Waals surface area contributed by atoms with Crippen LogP contribution >= 0.6 is 31.9 Å². The molecule has 0 aliphatic carbocycles. The molecule has 1 aliphatic rings. The first kappa shape index (κ1) is 25.6. The van der Waals surface area contributed by atoms with E-state index >= 15 is 0 Å². The van der Waals surface area contributed by atoms with Crippen LogP contribution in [0.5, 0.6) is 11.5 Å². The zero-order valence-corrected chi connectivity index (χ0v) is 22.1. The Morgan fingerprint density at radius 2 is 1.72 bits per heavy atom. The molecule has 1 heterocycles. The molecule has 0 atom stereocenters. The van der Waals surface area contributed by atoms with Gasteiger partial charge in [-0.2, -0.15) is 0 Å². The molecule has 10 heteroatoms. The van der Waals surface area contributed by atoms with Crippen LogP contribution in [0.3, 0.4) is 0 Å². The predicted octanol–water partition coefficient (Wildman–Crippen LogP) is 5.99. The number of benzene rings is 3. The molecule has 1 fully saturated rings. The standard InChI is InChI=1S/C26H19Br2FN2O5/c1-2-35-19-9-7-18(8-10-19)31-25(33)20(24(32)30-26(31)34)12-16-11-17(27)13-21(28)23(16)36-14-15-5-3-4-6-22(15)29/h3-13H,2,14H2,1H3,(H,30,32,34)/b20-12+. The molecule has 0 saturated carbocycles. The fourth-order valence-corrected chi connectivity index (χ4v) is 4.88. The first-order chi connectivity index (χ1) is 17.3. The number of imide groups is 2. The molecule has 3 aromatic carbocycles. The molecule has 184 valence electrons. The number of carbonyl (C=O) groups is 3. The molecule has 36 heavy (non-hydrogen) atoms. The van der Waals surface area contributed by atoms with Crippen LogP contribution in [0.2, 0.25) is 0 Å². The summed E-state index contributed by atoms with van der Waals surface area (Å²) in [5.41, 5.74) is 0.701. The lowest BCUT2D eigenvalue weighted by atomic mass is 10.1. The number of halogens is 3. The molecule has 0 spiro atoms. The van der Waals surface area contributed by atoms with E-state index in [2.05, 4.69) is 37.2 Å². The third-order valence-corrected chi connectivity index (χ3v) is 6.22. The van der Waals surface area contributed by atoms with Gasteiger partial charge in [-0.1, -0.05) is 34.1 Å². The van der Waals surface area contributed by atoms with E-state index in [1.54, 1.807) is 54.6 Å². The Morgan fingerprint density at radius 3 is 2.42 bits per heavy atom. The summed E-state index contributed by atoms with van der Waals surface area (Å²) in [7, 11) is 0. The van der Waals surface area contributed by atoms with E-state index in [-0.39, 0.29) is 17.9 Å². The van der Waals surface area contributed by atoms with Gasteiger partial charge in [0, 0.05) is 15.6 Å². The second-order valence-electron chi connectivity index (χ2n) is 7.57. The SMILES string of the molecule is CCOc1ccc(N2C(=O)NC(=O)/C(=C\c3cc(Br)cc(Br)c3OCc3ccccc3F)C2=O)cc1. The topological polar surface area (TPSA) is 84.9 Å². The van der Waals surface area contributed by atoms with Gasteiger partial charge in [-0.05, 0) is 71.4 Å². The van der Waals surface area contributed by atoms with Gasteiger partial charge in [-0.3, -0.25) is 14.9 Å². The minimum atomic E-state index is -0.863. The van der Waals surface area contributed by atoms with Crippen molar-refractivity contribution in [2.24, 2.45) is 0 Å². The molecule has 1 N–H and O–H groups in total. The number of barbiturate groups is 1. The Balaban J connectivity index is 1.69. The van der Waals surface area contributed by atoms with E-state index in [0.29, 0.717) is 38.2 Å². The van der Waals surface area contributed by atoms with Crippen LogP contribution in [0.4, 0.5) is 14.9 Å². The van der Waals surface area contributed by atoms with Crippen molar-refractivity contribution < 1.29 is 28.2 Å². The molecular weight excluding hydrogens is 599 g/mol. The molecule has 0 radical (unpaired) electrons. The largest absolute Gasteiger partial charge is 0.494 e. The zero-order chi connectivity index (χ0) is 25.8. The van der Waals surface area contributed by atoms with Gasteiger partial charge in [0.2, 0.25) is 0 Å². The summed E-state index contributed by atoms with van der Waals surface area (Å²) in [4.78, 5) is 39.4. The molecule has 7 nitrogen and oxygen atoms in total. The Morgan fingerprint density at radius 1 is 1.00 bits per heavy atom. The lowest BCUT2D eigenvalue weighted by Crippen LogP contribution is -2.54. The lowest BCUT2D eigenvalue weighted by Gasteiger charge is -2.26. The van der Waals surface area contributed by atoms with Crippen molar-refractivity contribution in [3.63, 3.8) is 0 Å². The zero-order valence-electron chi connectivity index (χ0n) is 18.9. The first-order valence-electron chi connectivity index (χ1n) is 10.8. The molecule has 1 saturated heterocycles. The van der Waals surface area contributed by atoms with E-state index in [0.717, 1.165) is 4.90 Å². The summed E-state index contributed by atoms with van der Waals surface area (Å²) < 4.78 is 26.5. The highest BCUT2D eigenvalue weighted by Crippen LogP contribution is 2.36. The monoisotopic (exact) mass is 616 g/mol. The maximum Gasteiger partial charge on any atom is 0.335 e. The lowest BCUT2D eigenvalue weighted by molar-refractivity contribution is -0.122. The van der Waals surface area contributed by atoms with Crippen molar-refractivity contribution in [2.75, 3.05) is 11.5 Å². The van der Waals surface area contributed by atoms with Gasteiger partial charge in [0.05, 0.1) is 16.8 Å². The molecule has 0 unspecified atom stereocenters. The molecule has 4 rings (SSSR count).